The van der Waals surface area contributed by atoms with Crippen molar-refractivity contribution < 1.29 is 64.6 Å². The number of unbranched alkanes of at least 4 members (excludes halogenated alkanes) is 25. The van der Waals surface area contributed by atoms with Crippen molar-refractivity contribution in [1.29, 1.82) is 0 Å². The molecule has 1 amide bonds. The Morgan fingerprint density at radius 1 is 0.416 bits per heavy atom. The van der Waals surface area contributed by atoms with Gasteiger partial charge in [0.15, 0.2) is 12.6 Å². The molecule has 12 atom stereocenters. The molecule has 2 rings (SSSR count). The van der Waals surface area contributed by atoms with Crippen molar-refractivity contribution in [2.45, 2.75) is 325 Å². The van der Waals surface area contributed by atoms with E-state index in [1.165, 1.54) is 116 Å². The van der Waals surface area contributed by atoms with Crippen LogP contribution in [-0.2, 0) is 23.7 Å². The minimum absolute atomic E-state index is 0.248. The lowest BCUT2D eigenvalue weighted by atomic mass is 9.97. The largest absolute Gasteiger partial charge is 0.394 e. The van der Waals surface area contributed by atoms with E-state index in [0.29, 0.717) is 12.8 Å². The maximum Gasteiger partial charge on any atom is 0.220 e. The Bertz CT molecular complexity index is 1960. The first-order chi connectivity index (χ1) is 43.6. The number of carbonyl (C=O) groups is 1. The third-order valence-corrected chi connectivity index (χ3v) is 16.4. The molecule has 2 heterocycles. The topological polar surface area (TPSA) is 228 Å². The van der Waals surface area contributed by atoms with Crippen LogP contribution in [0.4, 0.5) is 0 Å². The van der Waals surface area contributed by atoms with Gasteiger partial charge in [-0.05, 0) is 96.3 Å². The molecular weight excluding hydrogens is 1120 g/mol. The number of nitrogens with one attached hydrogen (secondary N) is 1. The van der Waals surface area contributed by atoms with Crippen LogP contribution in [0, 0.1) is 0 Å². The van der Waals surface area contributed by atoms with E-state index in [2.05, 4.69) is 129 Å². The van der Waals surface area contributed by atoms with E-state index in [-0.39, 0.29) is 18.9 Å². The molecule has 2 aliphatic heterocycles. The van der Waals surface area contributed by atoms with Gasteiger partial charge >= 0.3 is 0 Å². The fraction of sp³-hybridized carbons (Fsp3) is 0.720. The monoisotopic (exact) mass is 1250 g/mol. The van der Waals surface area contributed by atoms with Crippen molar-refractivity contribution in [3.8, 4) is 0 Å². The maximum absolute atomic E-state index is 13.3. The number of aliphatic hydroxyl groups excluding tert-OH is 8. The van der Waals surface area contributed by atoms with Gasteiger partial charge in [0, 0.05) is 6.42 Å². The van der Waals surface area contributed by atoms with Crippen LogP contribution >= 0.6 is 0 Å². The predicted molar refractivity (Wildman–Crippen MR) is 364 cm³/mol. The molecule has 0 aromatic heterocycles. The number of ether oxygens (including phenoxy) is 4. The van der Waals surface area contributed by atoms with Crippen molar-refractivity contribution >= 4 is 5.91 Å². The van der Waals surface area contributed by atoms with Crippen molar-refractivity contribution in [1.82, 2.24) is 5.32 Å². The highest BCUT2D eigenvalue weighted by atomic mass is 16.7. The highest BCUT2D eigenvalue weighted by Crippen LogP contribution is 2.30. The fourth-order valence-corrected chi connectivity index (χ4v) is 10.8. The number of rotatable bonds is 56. The number of aliphatic hydroxyl groups is 8. The number of hydrogen-bond acceptors (Lipinski definition) is 13. The first-order valence-corrected chi connectivity index (χ1v) is 35.3. The molecule has 14 heteroatoms. The Labute approximate surface area is 539 Å². The number of allylic oxidation sites excluding steroid dienone is 19. The quantitative estimate of drug-likeness (QED) is 0.0204. The zero-order valence-electron chi connectivity index (χ0n) is 55.4. The molecular formula is C75H127NO13. The highest BCUT2D eigenvalue weighted by Gasteiger charge is 2.51. The van der Waals surface area contributed by atoms with Gasteiger partial charge in [-0.25, -0.2) is 0 Å². The Kier molecular flexibility index (Phi) is 53.3. The lowest BCUT2D eigenvalue weighted by molar-refractivity contribution is -0.359. The first kappa shape index (κ1) is 81.5. The number of amides is 1. The lowest BCUT2D eigenvalue weighted by Gasteiger charge is -2.46. The Hall–Kier alpha value is -3.61. The molecule has 14 nitrogen and oxygen atoms in total. The summed E-state index contributed by atoms with van der Waals surface area (Å²) in [6.45, 7) is 2.67. The number of hydrogen-bond donors (Lipinski definition) is 9. The van der Waals surface area contributed by atoms with E-state index >= 15 is 0 Å². The molecule has 0 aliphatic carbocycles. The van der Waals surface area contributed by atoms with Crippen LogP contribution in [0.1, 0.15) is 251 Å². The predicted octanol–water partition coefficient (Wildman–Crippen LogP) is 14.5. The molecule has 12 unspecified atom stereocenters. The fourth-order valence-electron chi connectivity index (χ4n) is 10.8. The Morgan fingerprint density at radius 3 is 1.24 bits per heavy atom. The van der Waals surface area contributed by atoms with Crippen molar-refractivity contribution in [3.63, 3.8) is 0 Å². The summed E-state index contributed by atoms with van der Waals surface area (Å²) in [6, 6.07) is -0.950. The molecule has 89 heavy (non-hydrogen) atoms. The maximum atomic E-state index is 13.3. The molecule has 0 aromatic carbocycles. The lowest BCUT2D eigenvalue weighted by Crippen LogP contribution is -2.65. The minimum atomic E-state index is -1.80. The average Bonchev–Trinajstić information content (AvgIpc) is 2.53. The second-order valence-corrected chi connectivity index (χ2v) is 24.3. The van der Waals surface area contributed by atoms with Gasteiger partial charge in [-0.2, -0.15) is 0 Å². The van der Waals surface area contributed by atoms with Gasteiger partial charge in [0.25, 0.3) is 0 Å². The van der Waals surface area contributed by atoms with E-state index < -0.39 is 86.8 Å². The Balaban J connectivity index is 1.72. The second-order valence-electron chi connectivity index (χ2n) is 24.3. The summed E-state index contributed by atoms with van der Waals surface area (Å²) in [5.41, 5.74) is 0. The Morgan fingerprint density at radius 2 is 0.787 bits per heavy atom. The van der Waals surface area contributed by atoms with E-state index in [1.54, 1.807) is 6.08 Å². The van der Waals surface area contributed by atoms with Crippen molar-refractivity contribution in [2.24, 2.45) is 0 Å². The van der Waals surface area contributed by atoms with Crippen LogP contribution in [0.3, 0.4) is 0 Å². The van der Waals surface area contributed by atoms with Crippen molar-refractivity contribution in [3.05, 3.63) is 122 Å². The summed E-state index contributed by atoms with van der Waals surface area (Å²) in [7, 11) is 0. The zero-order chi connectivity index (χ0) is 64.5. The summed E-state index contributed by atoms with van der Waals surface area (Å²) in [4.78, 5) is 13.3. The van der Waals surface area contributed by atoms with Crippen LogP contribution in [0.5, 0.6) is 0 Å². The first-order valence-electron chi connectivity index (χ1n) is 35.3. The summed E-state index contributed by atoms with van der Waals surface area (Å²) >= 11 is 0. The SMILES string of the molecule is CC/C=C\C/C=C\C/C=C\C/C=C\C/C=C\C/C=C\C/C=C\C/C=C\CCCCCCCCC(=O)NC(COC1OC(CO)C(OC2OC(CO)C(O)C(O)C2O)C(O)C1O)C(O)/C=C/CC/C=C/CCCCCCCCCCCCCCCCCCCC. The molecule has 0 spiro atoms. The van der Waals surface area contributed by atoms with Crippen LogP contribution in [-0.4, -0.2) is 140 Å². The normalized spacial score (nSPS) is 23.8. The van der Waals surface area contributed by atoms with Crippen LogP contribution < -0.4 is 5.32 Å². The smallest absolute Gasteiger partial charge is 0.220 e. The number of carbonyl (C=O) groups excluding carboxylic acids is 1. The van der Waals surface area contributed by atoms with E-state index in [0.717, 1.165) is 103 Å². The summed E-state index contributed by atoms with van der Waals surface area (Å²) < 4.78 is 22.8. The molecule has 0 aromatic rings. The average molecular weight is 1250 g/mol. The van der Waals surface area contributed by atoms with Gasteiger partial charge in [0.1, 0.15) is 48.8 Å². The van der Waals surface area contributed by atoms with Gasteiger partial charge < -0.3 is 65.1 Å². The summed E-state index contributed by atoms with van der Waals surface area (Å²) in [5, 5.41) is 87.4. The summed E-state index contributed by atoms with van der Waals surface area (Å²) in [5.74, 6) is -0.267. The van der Waals surface area contributed by atoms with Gasteiger partial charge in [-0.3, -0.25) is 4.79 Å². The molecule has 9 N–H and O–H groups in total. The standard InChI is InChI=1S/C75H127NO13/c1-3-5-7-9-11-13-15-17-19-21-23-25-27-29-30-31-32-33-34-35-37-39-41-43-45-47-49-51-53-55-57-59-67(80)76-63(62-86-74-72(85)70(83)73(66(61-78)88-74)89-75-71(84)69(82)68(81)65(60-77)87-75)64(79)58-56-54-52-50-48-46-44-42-40-38-36-28-26-24-22-20-18-16-14-12-10-8-6-4-2/h5,7,11,13,17,19,23,25,29-30,32-33,35,37,41,43,48,50,56,58,63-66,68-75,77-79,81-85H,3-4,6,8-10,12,14-16,18,20-22,24,26-28,31,34,36,38-40,42,44-47,49,51-55,57,59-62H2,1-2H3,(H,76,80)/b7-5-,13-11-,19-17-,25-23-,30-29-,33-32-,37-35-,43-41-,50-48+,58-56+. The zero-order valence-corrected chi connectivity index (χ0v) is 55.4. The highest BCUT2D eigenvalue weighted by molar-refractivity contribution is 5.76. The molecule has 2 fully saturated rings. The minimum Gasteiger partial charge on any atom is -0.394 e. The van der Waals surface area contributed by atoms with Gasteiger partial charge in [0.05, 0.1) is 32.0 Å². The van der Waals surface area contributed by atoms with E-state index in [4.69, 9.17) is 18.9 Å². The van der Waals surface area contributed by atoms with E-state index in [9.17, 15) is 45.6 Å². The van der Waals surface area contributed by atoms with Crippen LogP contribution in [0.25, 0.3) is 0 Å². The molecule has 0 radical (unpaired) electrons. The molecule has 2 aliphatic rings. The second kappa shape index (κ2) is 58.2. The van der Waals surface area contributed by atoms with Gasteiger partial charge in [-0.1, -0.05) is 270 Å². The molecule has 510 valence electrons. The third-order valence-electron chi connectivity index (χ3n) is 16.4. The van der Waals surface area contributed by atoms with Crippen LogP contribution in [0.15, 0.2) is 122 Å². The van der Waals surface area contributed by atoms with Crippen LogP contribution in [0.2, 0.25) is 0 Å². The third kappa shape index (κ3) is 42.3. The van der Waals surface area contributed by atoms with Gasteiger partial charge in [0.2, 0.25) is 5.91 Å². The van der Waals surface area contributed by atoms with E-state index in [1.807, 2.05) is 6.08 Å². The van der Waals surface area contributed by atoms with Gasteiger partial charge in [-0.15, -0.1) is 0 Å². The van der Waals surface area contributed by atoms with Crippen molar-refractivity contribution in [2.75, 3.05) is 19.8 Å². The molecule has 0 bridgehead atoms. The summed E-state index contributed by atoms with van der Waals surface area (Å²) in [6.07, 6.45) is 68.1. The molecule has 0 saturated carbocycles. The molecule has 2 saturated heterocycles.